The Kier molecular flexibility index (Phi) is 2.67. The van der Waals surface area contributed by atoms with E-state index in [0.717, 1.165) is 4.47 Å². The van der Waals surface area contributed by atoms with Crippen LogP contribution in [0.15, 0.2) is 22.7 Å². The Balaban J connectivity index is 2.71. The van der Waals surface area contributed by atoms with Crippen molar-refractivity contribution in [1.29, 1.82) is 0 Å². The maximum absolute atomic E-state index is 10.7. The molecule has 1 heterocycles. The van der Waals surface area contributed by atoms with Crippen molar-refractivity contribution in [2.24, 2.45) is 0 Å². The fraction of sp³-hybridized carbons (Fsp3) is 0.111. The van der Waals surface area contributed by atoms with Crippen molar-refractivity contribution in [3.05, 3.63) is 28.0 Å². The summed E-state index contributed by atoms with van der Waals surface area (Å²) >= 11 is 9.19. The highest BCUT2D eigenvalue weighted by Gasteiger charge is 2.13. The van der Waals surface area contributed by atoms with Crippen molar-refractivity contribution < 1.29 is 9.90 Å². The standard InChI is InChI=1S/C9H6BrClN2O2/c10-5-2-1-3-6-8(5)13(4-7(14)15)9(11)12-6/h1-3H,4H2,(H,14,15). The van der Waals surface area contributed by atoms with Gasteiger partial charge in [-0.05, 0) is 39.7 Å². The summed E-state index contributed by atoms with van der Waals surface area (Å²) in [5.41, 5.74) is 1.38. The fourth-order valence-corrected chi connectivity index (χ4v) is 2.20. The van der Waals surface area contributed by atoms with Gasteiger partial charge in [-0.3, -0.25) is 4.79 Å². The third-order valence-electron chi connectivity index (χ3n) is 1.96. The molecule has 0 radical (unpaired) electrons. The first-order valence-corrected chi connectivity index (χ1v) is 5.28. The molecule has 15 heavy (non-hydrogen) atoms. The first kappa shape index (κ1) is 10.4. The minimum Gasteiger partial charge on any atom is -0.480 e. The molecule has 0 saturated carbocycles. The molecule has 1 aromatic heterocycles. The third kappa shape index (κ3) is 1.85. The molecular formula is C9H6BrClN2O2. The number of hydrogen-bond acceptors (Lipinski definition) is 2. The molecule has 0 bridgehead atoms. The minimum absolute atomic E-state index is 0.180. The molecular weight excluding hydrogens is 283 g/mol. The number of carbonyl (C=O) groups is 1. The molecule has 0 aliphatic carbocycles. The molecule has 0 aliphatic rings. The van der Waals surface area contributed by atoms with Crippen LogP contribution >= 0.6 is 27.5 Å². The summed E-state index contributed by atoms with van der Waals surface area (Å²) in [6.45, 7) is -0.196. The number of fused-ring (bicyclic) bond motifs is 1. The topological polar surface area (TPSA) is 55.1 Å². The van der Waals surface area contributed by atoms with Gasteiger partial charge in [0, 0.05) is 4.47 Å². The van der Waals surface area contributed by atoms with Crippen LogP contribution < -0.4 is 0 Å². The second-order valence-corrected chi connectivity index (χ2v) is 4.16. The number of rotatable bonds is 2. The van der Waals surface area contributed by atoms with Crippen LogP contribution in [0.1, 0.15) is 0 Å². The Labute approximate surface area is 98.6 Å². The van der Waals surface area contributed by atoms with Gasteiger partial charge in [0.2, 0.25) is 5.28 Å². The maximum atomic E-state index is 10.7. The number of halogens is 2. The van der Waals surface area contributed by atoms with Crippen LogP contribution in [0, 0.1) is 0 Å². The summed E-state index contributed by atoms with van der Waals surface area (Å²) in [5, 5.41) is 8.92. The van der Waals surface area contributed by atoms with Gasteiger partial charge in [0.1, 0.15) is 6.54 Å². The summed E-state index contributed by atoms with van der Waals surface area (Å²) in [6.07, 6.45) is 0. The Hall–Kier alpha value is -1.07. The summed E-state index contributed by atoms with van der Waals surface area (Å²) in [4.78, 5) is 14.7. The average molecular weight is 290 g/mol. The summed E-state index contributed by atoms with van der Waals surface area (Å²) in [5.74, 6) is -0.952. The number of carboxylic acids is 1. The normalized spacial score (nSPS) is 10.8. The molecule has 0 amide bonds. The zero-order chi connectivity index (χ0) is 11.0. The van der Waals surface area contributed by atoms with E-state index in [9.17, 15) is 4.79 Å². The van der Waals surface area contributed by atoms with Gasteiger partial charge in [0.25, 0.3) is 0 Å². The fourth-order valence-electron chi connectivity index (χ4n) is 1.39. The number of aromatic nitrogens is 2. The molecule has 2 aromatic rings. The van der Waals surface area contributed by atoms with Crippen LogP contribution in [0.25, 0.3) is 11.0 Å². The van der Waals surface area contributed by atoms with Crippen molar-refractivity contribution >= 4 is 44.5 Å². The molecule has 0 atom stereocenters. The SMILES string of the molecule is O=C(O)Cn1c(Cl)nc2cccc(Br)c21. The van der Waals surface area contributed by atoms with Crippen molar-refractivity contribution in [2.75, 3.05) is 0 Å². The molecule has 2 rings (SSSR count). The largest absolute Gasteiger partial charge is 0.480 e. The molecule has 6 heteroatoms. The molecule has 1 aromatic carbocycles. The van der Waals surface area contributed by atoms with E-state index >= 15 is 0 Å². The van der Waals surface area contributed by atoms with Gasteiger partial charge >= 0.3 is 5.97 Å². The lowest BCUT2D eigenvalue weighted by Gasteiger charge is -2.02. The van der Waals surface area contributed by atoms with Gasteiger partial charge < -0.3 is 9.67 Å². The molecule has 0 fully saturated rings. The molecule has 78 valence electrons. The second kappa shape index (κ2) is 3.83. The highest BCUT2D eigenvalue weighted by molar-refractivity contribution is 9.10. The lowest BCUT2D eigenvalue weighted by Crippen LogP contribution is -2.08. The Morgan fingerprint density at radius 2 is 2.33 bits per heavy atom. The second-order valence-electron chi connectivity index (χ2n) is 2.97. The van der Waals surface area contributed by atoms with Crippen LogP contribution in [0.2, 0.25) is 5.28 Å². The lowest BCUT2D eigenvalue weighted by atomic mass is 10.3. The van der Waals surface area contributed by atoms with E-state index in [2.05, 4.69) is 20.9 Å². The van der Waals surface area contributed by atoms with E-state index in [1.54, 1.807) is 6.07 Å². The number of nitrogens with zero attached hydrogens (tertiary/aromatic N) is 2. The first-order valence-electron chi connectivity index (χ1n) is 4.11. The van der Waals surface area contributed by atoms with Crippen LogP contribution in [-0.4, -0.2) is 20.6 Å². The van der Waals surface area contributed by atoms with E-state index in [1.807, 2.05) is 12.1 Å². The number of para-hydroxylation sites is 1. The Bertz CT molecular complexity index is 538. The quantitative estimate of drug-likeness (QED) is 0.924. The number of aliphatic carboxylic acids is 1. The zero-order valence-electron chi connectivity index (χ0n) is 7.44. The summed E-state index contributed by atoms with van der Waals surface area (Å²) < 4.78 is 2.23. The highest BCUT2D eigenvalue weighted by atomic mass is 79.9. The number of hydrogen-bond donors (Lipinski definition) is 1. The van der Waals surface area contributed by atoms with Crippen LogP contribution in [0.3, 0.4) is 0 Å². The first-order chi connectivity index (χ1) is 7.09. The molecule has 0 spiro atoms. The van der Waals surface area contributed by atoms with Gasteiger partial charge in [-0.15, -0.1) is 0 Å². The van der Waals surface area contributed by atoms with Crippen LogP contribution in [0.4, 0.5) is 0 Å². The van der Waals surface area contributed by atoms with Crippen molar-refractivity contribution in [3.63, 3.8) is 0 Å². The average Bonchev–Trinajstić information content (AvgIpc) is 2.43. The number of imidazole rings is 1. The summed E-state index contributed by atoms with van der Waals surface area (Å²) in [7, 11) is 0. The highest BCUT2D eigenvalue weighted by Crippen LogP contribution is 2.26. The smallest absolute Gasteiger partial charge is 0.323 e. The predicted octanol–water partition coefficient (Wildman–Crippen LogP) is 2.54. The number of benzene rings is 1. The van der Waals surface area contributed by atoms with Crippen LogP contribution in [-0.2, 0) is 11.3 Å². The van der Waals surface area contributed by atoms with Crippen molar-refractivity contribution in [2.45, 2.75) is 6.54 Å². The van der Waals surface area contributed by atoms with Gasteiger partial charge in [-0.1, -0.05) is 6.07 Å². The van der Waals surface area contributed by atoms with Crippen LogP contribution in [0.5, 0.6) is 0 Å². The van der Waals surface area contributed by atoms with E-state index in [0.29, 0.717) is 11.0 Å². The molecule has 1 N–H and O–H groups in total. The maximum Gasteiger partial charge on any atom is 0.323 e. The van der Waals surface area contributed by atoms with E-state index in [4.69, 9.17) is 16.7 Å². The third-order valence-corrected chi connectivity index (χ3v) is 2.89. The van der Waals surface area contributed by atoms with Gasteiger partial charge in [-0.25, -0.2) is 4.98 Å². The van der Waals surface area contributed by atoms with E-state index < -0.39 is 5.97 Å². The molecule has 0 aliphatic heterocycles. The minimum atomic E-state index is -0.952. The number of carboxylic acid groups (broad SMARTS) is 1. The monoisotopic (exact) mass is 288 g/mol. The molecule has 4 nitrogen and oxygen atoms in total. The Morgan fingerprint density at radius 1 is 1.60 bits per heavy atom. The van der Waals surface area contributed by atoms with Gasteiger partial charge in [0.15, 0.2) is 0 Å². The predicted molar refractivity (Wildman–Crippen MR) is 60.1 cm³/mol. The van der Waals surface area contributed by atoms with E-state index in [-0.39, 0.29) is 11.8 Å². The lowest BCUT2D eigenvalue weighted by molar-refractivity contribution is -0.137. The molecule has 0 saturated heterocycles. The van der Waals surface area contributed by atoms with Crippen molar-refractivity contribution in [1.82, 2.24) is 9.55 Å². The summed E-state index contributed by atoms with van der Waals surface area (Å²) in [6, 6.07) is 5.42. The van der Waals surface area contributed by atoms with E-state index in [1.165, 1.54) is 4.57 Å². The molecule has 0 unspecified atom stereocenters. The van der Waals surface area contributed by atoms with Crippen molar-refractivity contribution in [3.8, 4) is 0 Å². The zero-order valence-corrected chi connectivity index (χ0v) is 9.79. The van der Waals surface area contributed by atoms with Gasteiger partial charge in [-0.2, -0.15) is 0 Å². The Morgan fingerprint density at radius 3 is 3.00 bits per heavy atom. The van der Waals surface area contributed by atoms with Gasteiger partial charge in [0.05, 0.1) is 11.0 Å².